The summed E-state index contributed by atoms with van der Waals surface area (Å²) < 4.78 is 6.75. The van der Waals surface area contributed by atoms with Gasteiger partial charge in [-0.3, -0.25) is 5.10 Å². The Balaban J connectivity index is 2.25. The Kier molecular flexibility index (Phi) is 3.57. The molecule has 4 nitrogen and oxygen atoms in total. The lowest BCUT2D eigenvalue weighted by atomic mass is 10.3. The maximum absolute atomic E-state index is 5.20. The molecule has 1 aromatic heterocycles. The fourth-order valence-corrected chi connectivity index (χ4v) is 2.36. The molecule has 0 aliphatic heterocycles. The molecule has 0 atom stereocenters. The summed E-state index contributed by atoms with van der Waals surface area (Å²) >= 11 is 9.72. The Morgan fingerprint density at radius 1 is 1.56 bits per heavy atom. The van der Waals surface area contributed by atoms with Gasteiger partial charge in [0, 0.05) is 11.8 Å². The predicted molar refractivity (Wildman–Crippen MR) is 71.3 cm³/mol. The number of nitrogens with one attached hydrogen (secondary N) is 2. The van der Waals surface area contributed by atoms with Crippen molar-refractivity contribution in [3.8, 4) is 5.75 Å². The first kappa shape index (κ1) is 11.6. The second kappa shape index (κ2) is 4.94. The van der Waals surface area contributed by atoms with Crippen molar-refractivity contribution in [3.63, 3.8) is 0 Å². The van der Waals surface area contributed by atoms with Crippen molar-refractivity contribution >= 4 is 50.3 Å². The second-order valence-electron chi connectivity index (χ2n) is 2.89. The summed E-state index contributed by atoms with van der Waals surface area (Å²) in [6.45, 7) is 0. The maximum atomic E-state index is 5.20. The molecule has 84 valence electrons. The number of methoxy groups -OCH3 is 1. The first-order valence-corrected chi connectivity index (χ1v) is 6.37. The van der Waals surface area contributed by atoms with Crippen LogP contribution in [0.2, 0.25) is 0 Å². The van der Waals surface area contributed by atoms with E-state index >= 15 is 0 Å². The molecule has 0 fully saturated rings. The molecule has 1 heterocycles. The van der Waals surface area contributed by atoms with Crippen molar-refractivity contribution in [1.82, 2.24) is 10.2 Å². The molecular weight excluding hydrogens is 310 g/mol. The number of aromatic amines is 1. The van der Waals surface area contributed by atoms with Crippen molar-refractivity contribution in [3.05, 3.63) is 26.6 Å². The van der Waals surface area contributed by atoms with Crippen LogP contribution in [0.1, 0.15) is 0 Å². The van der Waals surface area contributed by atoms with E-state index in [0.29, 0.717) is 3.95 Å². The monoisotopic (exact) mass is 317 g/mol. The Labute approximate surface area is 110 Å². The number of aromatic nitrogens is 2. The standard InChI is InChI=1S/C9H8BrN3OS2/c1-14-7-4-5(2-3-6(7)10)11-8-12-13-9(15)16-8/h2-4H,1H3,(H,11,12)(H,13,15). The van der Waals surface area contributed by atoms with Gasteiger partial charge in [-0.2, -0.15) is 0 Å². The molecule has 0 amide bonds. The van der Waals surface area contributed by atoms with Gasteiger partial charge in [0.15, 0.2) is 3.95 Å². The minimum atomic E-state index is 0.645. The minimum absolute atomic E-state index is 0.645. The molecule has 2 aromatic rings. The Morgan fingerprint density at radius 3 is 3.00 bits per heavy atom. The van der Waals surface area contributed by atoms with E-state index in [9.17, 15) is 0 Å². The molecule has 0 radical (unpaired) electrons. The third-order valence-electron chi connectivity index (χ3n) is 1.84. The van der Waals surface area contributed by atoms with Gasteiger partial charge < -0.3 is 10.1 Å². The molecule has 1 aromatic carbocycles. The summed E-state index contributed by atoms with van der Waals surface area (Å²) in [7, 11) is 1.63. The van der Waals surface area contributed by atoms with Gasteiger partial charge in [0.25, 0.3) is 0 Å². The molecule has 0 bridgehead atoms. The molecule has 16 heavy (non-hydrogen) atoms. The van der Waals surface area contributed by atoms with Crippen LogP contribution in [0.5, 0.6) is 5.75 Å². The van der Waals surface area contributed by atoms with Crippen LogP contribution in [-0.4, -0.2) is 17.3 Å². The molecular formula is C9H8BrN3OS2. The van der Waals surface area contributed by atoms with Crippen LogP contribution in [0.4, 0.5) is 10.8 Å². The fourth-order valence-electron chi connectivity index (χ4n) is 1.14. The Morgan fingerprint density at radius 2 is 2.38 bits per heavy atom. The van der Waals surface area contributed by atoms with Crippen LogP contribution < -0.4 is 10.1 Å². The third kappa shape index (κ3) is 2.60. The van der Waals surface area contributed by atoms with Crippen molar-refractivity contribution in [2.75, 3.05) is 12.4 Å². The number of rotatable bonds is 3. The van der Waals surface area contributed by atoms with Gasteiger partial charge in [-0.1, -0.05) is 11.3 Å². The van der Waals surface area contributed by atoms with E-state index in [-0.39, 0.29) is 0 Å². The van der Waals surface area contributed by atoms with Crippen LogP contribution in [0.3, 0.4) is 0 Å². The number of anilines is 2. The van der Waals surface area contributed by atoms with Gasteiger partial charge in [-0.15, -0.1) is 5.10 Å². The van der Waals surface area contributed by atoms with E-state index in [0.717, 1.165) is 21.0 Å². The van der Waals surface area contributed by atoms with Crippen LogP contribution >= 0.6 is 39.5 Å². The Hall–Kier alpha value is -0.920. The van der Waals surface area contributed by atoms with Crippen molar-refractivity contribution in [1.29, 1.82) is 0 Å². The summed E-state index contributed by atoms with van der Waals surface area (Å²) in [5.41, 5.74) is 0.901. The zero-order valence-corrected chi connectivity index (χ0v) is 11.5. The highest BCUT2D eigenvalue weighted by atomic mass is 79.9. The first-order chi connectivity index (χ1) is 7.69. The van der Waals surface area contributed by atoms with Gasteiger partial charge >= 0.3 is 0 Å². The van der Waals surface area contributed by atoms with E-state index in [1.807, 2.05) is 18.2 Å². The second-order valence-corrected chi connectivity index (χ2v) is 5.41. The Bertz CT molecular complexity index is 552. The highest BCUT2D eigenvalue weighted by Gasteiger charge is 2.03. The number of hydrogen-bond acceptors (Lipinski definition) is 5. The van der Waals surface area contributed by atoms with Crippen LogP contribution in [0.25, 0.3) is 0 Å². The zero-order valence-electron chi connectivity index (χ0n) is 8.28. The van der Waals surface area contributed by atoms with Crippen LogP contribution in [0, 0.1) is 3.95 Å². The van der Waals surface area contributed by atoms with Gasteiger partial charge in [0.2, 0.25) is 5.13 Å². The van der Waals surface area contributed by atoms with Gasteiger partial charge in [0.1, 0.15) is 5.75 Å². The molecule has 7 heteroatoms. The number of nitrogens with zero attached hydrogens (tertiary/aromatic N) is 1. The van der Waals surface area contributed by atoms with E-state index < -0.39 is 0 Å². The number of benzene rings is 1. The lowest BCUT2D eigenvalue weighted by Gasteiger charge is -2.06. The smallest absolute Gasteiger partial charge is 0.208 e. The summed E-state index contributed by atoms with van der Waals surface area (Å²) in [6, 6.07) is 5.72. The third-order valence-corrected chi connectivity index (χ3v) is 3.50. The number of hydrogen-bond donors (Lipinski definition) is 2. The summed E-state index contributed by atoms with van der Waals surface area (Å²) in [4.78, 5) is 0. The van der Waals surface area contributed by atoms with Gasteiger partial charge in [-0.05, 0) is 40.3 Å². The van der Waals surface area contributed by atoms with E-state index in [1.165, 1.54) is 11.3 Å². The zero-order chi connectivity index (χ0) is 11.5. The highest BCUT2D eigenvalue weighted by molar-refractivity contribution is 9.10. The molecule has 0 aliphatic carbocycles. The lowest BCUT2D eigenvalue weighted by Crippen LogP contribution is -1.91. The molecule has 0 saturated carbocycles. The van der Waals surface area contributed by atoms with Gasteiger partial charge in [0.05, 0.1) is 11.6 Å². The minimum Gasteiger partial charge on any atom is -0.495 e. The van der Waals surface area contributed by atoms with Gasteiger partial charge in [-0.25, -0.2) is 0 Å². The van der Waals surface area contributed by atoms with E-state index in [4.69, 9.17) is 17.0 Å². The highest BCUT2D eigenvalue weighted by Crippen LogP contribution is 2.29. The normalized spacial score (nSPS) is 10.1. The molecule has 2 N–H and O–H groups in total. The fraction of sp³-hybridized carbons (Fsp3) is 0.111. The van der Waals surface area contributed by atoms with Crippen molar-refractivity contribution in [2.24, 2.45) is 0 Å². The SMILES string of the molecule is COc1cc(Nc2n[nH]c(=S)s2)ccc1Br. The largest absolute Gasteiger partial charge is 0.495 e. The lowest BCUT2D eigenvalue weighted by molar-refractivity contribution is 0.412. The van der Waals surface area contributed by atoms with Crippen LogP contribution in [-0.2, 0) is 0 Å². The number of halogens is 1. The first-order valence-electron chi connectivity index (χ1n) is 4.35. The topological polar surface area (TPSA) is 49.9 Å². The quantitative estimate of drug-likeness (QED) is 0.847. The summed E-state index contributed by atoms with van der Waals surface area (Å²) in [6.07, 6.45) is 0. The average Bonchev–Trinajstić information content (AvgIpc) is 2.67. The molecule has 0 spiro atoms. The van der Waals surface area contributed by atoms with Crippen molar-refractivity contribution < 1.29 is 4.74 Å². The van der Waals surface area contributed by atoms with Crippen LogP contribution in [0.15, 0.2) is 22.7 Å². The number of H-pyrrole nitrogens is 1. The summed E-state index contributed by atoms with van der Waals surface area (Å²) in [5.74, 6) is 0.768. The molecule has 0 unspecified atom stereocenters. The number of ether oxygens (including phenoxy) is 1. The average molecular weight is 318 g/mol. The molecule has 2 rings (SSSR count). The van der Waals surface area contributed by atoms with Crippen molar-refractivity contribution in [2.45, 2.75) is 0 Å². The van der Waals surface area contributed by atoms with E-state index in [1.54, 1.807) is 7.11 Å². The molecule has 0 saturated heterocycles. The maximum Gasteiger partial charge on any atom is 0.208 e. The summed E-state index contributed by atoms with van der Waals surface area (Å²) in [5, 5.41) is 10.6. The van der Waals surface area contributed by atoms with E-state index in [2.05, 4.69) is 31.4 Å². The predicted octanol–water partition coefficient (Wildman–Crippen LogP) is 3.72. The molecule has 0 aliphatic rings.